The van der Waals surface area contributed by atoms with E-state index in [9.17, 15) is 9.90 Å². The molecule has 4 nitrogen and oxygen atoms in total. The molecule has 0 spiro atoms. The van der Waals surface area contributed by atoms with Crippen LogP contribution >= 0.6 is 0 Å². The quantitative estimate of drug-likeness (QED) is 0.559. The van der Waals surface area contributed by atoms with Gasteiger partial charge in [0.15, 0.2) is 5.71 Å². The number of fused-ring (bicyclic) bond motifs is 1. The van der Waals surface area contributed by atoms with Crippen molar-refractivity contribution in [2.45, 2.75) is 65.2 Å². The largest absolute Gasteiger partial charge is 0.871 e. The van der Waals surface area contributed by atoms with Gasteiger partial charge in [0.1, 0.15) is 7.05 Å². The van der Waals surface area contributed by atoms with Crippen LogP contribution in [0.3, 0.4) is 0 Å². The van der Waals surface area contributed by atoms with Crippen LogP contribution < -0.4 is 5.11 Å². The number of carbonyl (C=O) groups excluding carboxylic acids is 1. The molecule has 0 fully saturated rings. The Kier molecular flexibility index (Phi) is 3.84. The molecule has 1 aromatic rings. The van der Waals surface area contributed by atoms with Gasteiger partial charge in [0.25, 0.3) is 0 Å². The molecule has 1 aromatic heterocycles. The Morgan fingerprint density at radius 1 is 0.893 bits per heavy atom. The number of carbonyl (C=O) groups is 1. The Morgan fingerprint density at radius 2 is 1.50 bits per heavy atom. The summed E-state index contributed by atoms with van der Waals surface area (Å²) in [4.78, 5) is 13.3. The molecule has 0 atom stereocenters. The Bertz CT molecular complexity index is 1070. The summed E-state index contributed by atoms with van der Waals surface area (Å²) in [6.45, 7) is 4.23. The standard InChI is InChI=1S/C24H28N2O2/c1-13-15-9-5-7-11-17(15)21(25(13)3)19-23(27)20(24(19)28)22-18-12-8-6-10-16(18)14(2)26(22)4/h5-12H2,1-4H3. The smallest absolute Gasteiger partial charge is 0.219 e. The van der Waals surface area contributed by atoms with Crippen LogP contribution in [0, 0.1) is 6.92 Å². The van der Waals surface area contributed by atoms with E-state index < -0.39 is 0 Å². The van der Waals surface area contributed by atoms with E-state index in [1.54, 1.807) is 0 Å². The Hall–Kier alpha value is -2.36. The maximum absolute atomic E-state index is 13.3. The second-order valence-corrected chi connectivity index (χ2v) is 8.72. The van der Waals surface area contributed by atoms with Gasteiger partial charge in [-0.1, -0.05) is 5.76 Å². The van der Waals surface area contributed by atoms with E-state index in [1.807, 2.05) is 14.1 Å². The molecular weight excluding hydrogens is 348 g/mol. The SMILES string of the molecule is CC1=[N+](C)/C(=C2\C(=O)C(c3c4c(c(C)n3C)CCCC4)=C2[O-])C2=C1CCCC2. The number of allylic oxidation sites excluding steroid dienone is 4. The number of hydrogen-bond acceptors (Lipinski definition) is 2. The first-order chi connectivity index (χ1) is 13.4. The molecule has 28 heavy (non-hydrogen) atoms. The first kappa shape index (κ1) is 17.7. The van der Waals surface area contributed by atoms with Gasteiger partial charge >= 0.3 is 0 Å². The molecule has 0 saturated heterocycles. The molecule has 3 aliphatic carbocycles. The molecule has 1 aliphatic heterocycles. The zero-order chi connectivity index (χ0) is 19.7. The van der Waals surface area contributed by atoms with Crippen LogP contribution in [-0.2, 0) is 24.7 Å². The van der Waals surface area contributed by atoms with E-state index in [2.05, 4.69) is 23.0 Å². The van der Waals surface area contributed by atoms with Gasteiger partial charge in [-0.2, -0.15) is 4.58 Å². The highest BCUT2D eigenvalue weighted by molar-refractivity contribution is 6.39. The number of hydrogen-bond donors (Lipinski definition) is 0. The van der Waals surface area contributed by atoms with Gasteiger partial charge in [0, 0.05) is 36.4 Å². The zero-order valence-corrected chi connectivity index (χ0v) is 17.4. The number of aromatic nitrogens is 1. The topological polar surface area (TPSA) is 48.1 Å². The van der Waals surface area contributed by atoms with Gasteiger partial charge in [-0.05, 0) is 69.4 Å². The molecule has 0 bridgehead atoms. The summed E-state index contributed by atoms with van der Waals surface area (Å²) in [7, 11) is 4.01. The van der Waals surface area contributed by atoms with Crippen LogP contribution in [0.5, 0.6) is 0 Å². The fourth-order valence-corrected chi connectivity index (χ4v) is 5.74. The third-order valence-electron chi connectivity index (χ3n) is 7.44. The van der Waals surface area contributed by atoms with E-state index in [-0.39, 0.29) is 11.5 Å². The minimum absolute atomic E-state index is 0.0482. The van der Waals surface area contributed by atoms with Crippen molar-refractivity contribution < 1.29 is 14.5 Å². The van der Waals surface area contributed by atoms with Gasteiger partial charge in [0.05, 0.1) is 11.3 Å². The highest BCUT2D eigenvalue weighted by Gasteiger charge is 2.43. The molecule has 0 aromatic carbocycles. The number of ketones is 1. The molecule has 0 amide bonds. The van der Waals surface area contributed by atoms with Crippen LogP contribution in [0.2, 0.25) is 0 Å². The van der Waals surface area contributed by atoms with E-state index in [1.165, 1.54) is 46.5 Å². The molecule has 4 heteroatoms. The number of nitrogens with zero attached hydrogens (tertiary/aromatic N) is 2. The van der Waals surface area contributed by atoms with Crippen LogP contribution in [0.15, 0.2) is 28.2 Å². The first-order valence-corrected chi connectivity index (χ1v) is 10.6. The van der Waals surface area contributed by atoms with E-state index >= 15 is 0 Å². The number of rotatable bonds is 1. The van der Waals surface area contributed by atoms with Crippen LogP contribution in [0.25, 0.3) is 5.57 Å². The van der Waals surface area contributed by atoms with E-state index in [0.717, 1.165) is 49.9 Å². The van der Waals surface area contributed by atoms with Crippen molar-refractivity contribution >= 4 is 17.1 Å². The molecule has 5 rings (SSSR count). The average Bonchev–Trinajstić information content (AvgIpc) is 3.10. The van der Waals surface area contributed by atoms with Crippen LogP contribution in [0.4, 0.5) is 0 Å². The van der Waals surface area contributed by atoms with Crippen LogP contribution in [0.1, 0.15) is 68.0 Å². The molecule has 146 valence electrons. The lowest BCUT2D eigenvalue weighted by atomic mass is 9.79. The normalized spacial score (nSPS) is 24.8. The fourth-order valence-electron chi connectivity index (χ4n) is 5.74. The molecule has 4 aliphatic rings. The monoisotopic (exact) mass is 376 g/mol. The summed E-state index contributed by atoms with van der Waals surface area (Å²) in [5.41, 5.74) is 10.3. The van der Waals surface area contributed by atoms with Gasteiger partial charge in [-0.15, -0.1) is 0 Å². The second-order valence-electron chi connectivity index (χ2n) is 8.72. The lowest BCUT2D eigenvalue weighted by Crippen LogP contribution is -2.33. The molecule has 0 unspecified atom stereocenters. The number of Topliss-reactive ketones (excluding diaryl/α,β-unsaturated/α-hetero) is 1. The zero-order valence-electron chi connectivity index (χ0n) is 17.4. The van der Waals surface area contributed by atoms with Crippen molar-refractivity contribution in [2.24, 2.45) is 7.05 Å². The minimum Gasteiger partial charge on any atom is -0.871 e. The lowest BCUT2D eigenvalue weighted by molar-refractivity contribution is -0.438. The predicted molar refractivity (Wildman–Crippen MR) is 108 cm³/mol. The highest BCUT2D eigenvalue weighted by Crippen LogP contribution is 2.45. The van der Waals surface area contributed by atoms with Gasteiger partial charge < -0.3 is 9.67 Å². The Balaban J connectivity index is 1.70. The van der Waals surface area contributed by atoms with E-state index in [4.69, 9.17) is 0 Å². The first-order valence-electron chi connectivity index (χ1n) is 10.6. The third kappa shape index (κ3) is 2.12. The maximum atomic E-state index is 13.3. The summed E-state index contributed by atoms with van der Waals surface area (Å²) < 4.78 is 4.17. The van der Waals surface area contributed by atoms with Gasteiger partial charge in [0.2, 0.25) is 11.5 Å². The van der Waals surface area contributed by atoms with Crippen molar-refractivity contribution in [3.05, 3.63) is 50.7 Å². The summed E-state index contributed by atoms with van der Waals surface area (Å²) in [6.07, 6.45) is 8.74. The maximum Gasteiger partial charge on any atom is 0.219 e. The number of likely N-dealkylation sites (N-methyl/N-ethyl adjacent to an activating group) is 1. The van der Waals surface area contributed by atoms with Crippen molar-refractivity contribution in [3.63, 3.8) is 0 Å². The van der Waals surface area contributed by atoms with Crippen molar-refractivity contribution in [2.75, 3.05) is 7.05 Å². The second kappa shape index (κ2) is 6.07. The highest BCUT2D eigenvalue weighted by atomic mass is 16.3. The summed E-state index contributed by atoms with van der Waals surface area (Å²) in [5.74, 6) is -0.0964. The fraction of sp³-hybridized carbons (Fsp3) is 0.500. The van der Waals surface area contributed by atoms with Crippen LogP contribution in [-0.4, -0.2) is 27.7 Å². The molecule has 0 N–H and O–H groups in total. The minimum atomic E-state index is -0.0482. The van der Waals surface area contributed by atoms with Gasteiger partial charge in [-0.3, -0.25) is 4.79 Å². The predicted octanol–water partition coefficient (Wildman–Crippen LogP) is 3.11. The average molecular weight is 377 g/mol. The lowest BCUT2D eigenvalue weighted by Gasteiger charge is -2.32. The van der Waals surface area contributed by atoms with Crippen molar-refractivity contribution in [1.29, 1.82) is 0 Å². The molecule has 0 saturated carbocycles. The molecule has 2 heterocycles. The summed E-state index contributed by atoms with van der Waals surface area (Å²) in [6, 6.07) is 0. The Labute approximate surface area is 166 Å². The van der Waals surface area contributed by atoms with Gasteiger partial charge in [-0.25, -0.2) is 0 Å². The summed E-state index contributed by atoms with van der Waals surface area (Å²) in [5, 5.41) is 13.3. The molecular formula is C24H28N2O2. The summed E-state index contributed by atoms with van der Waals surface area (Å²) >= 11 is 0. The molecule has 0 radical (unpaired) electrons. The van der Waals surface area contributed by atoms with Crippen molar-refractivity contribution in [3.8, 4) is 0 Å². The van der Waals surface area contributed by atoms with Crippen molar-refractivity contribution in [1.82, 2.24) is 4.57 Å². The van der Waals surface area contributed by atoms with E-state index in [0.29, 0.717) is 11.1 Å². The third-order valence-corrected chi connectivity index (χ3v) is 7.44. The Morgan fingerprint density at radius 3 is 2.18 bits per heavy atom.